The molecule has 2 aromatic carbocycles. The molecule has 1 N–H and O–H groups in total. The highest BCUT2D eigenvalue weighted by Gasteiger charge is 2.15. The monoisotopic (exact) mass is 393 g/mol. The first kappa shape index (κ1) is 18.9. The molecule has 7 heteroatoms. The molecule has 4 aromatic rings. The molecule has 0 aliphatic heterocycles. The van der Waals surface area contributed by atoms with Gasteiger partial charge in [0.25, 0.3) is 5.56 Å². The first-order valence-electron chi connectivity index (χ1n) is 9.24. The Labute approximate surface area is 166 Å². The van der Waals surface area contributed by atoms with Crippen molar-refractivity contribution in [3.8, 4) is 17.0 Å². The summed E-state index contributed by atoms with van der Waals surface area (Å²) in [5.41, 5.74) is 2.57. The topological polar surface area (TPSA) is 68.8 Å². The number of fused-ring (bicyclic) bond motifs is 1. The molecule has 6 nitrogen and oxygen atoms in total. The Bertz CT molecular complexity index is 1200. The minimum absolute atomic E-state index is 0.0850. The lowest BCUT2D eigenvalue weighted by Gasteiger charge is -2.17. The average Bonchev–Trinajstić information content (AvgIpc) is 3.17. The second-order valence-electron chi connectivity index (χ2n) is 6.80. The highest BCUT2D eigenvalue weighted by Crippen LogP contribution is 2.20. The second-order valence-corrected chi connectivity index (χ2v) is 6.80. The van der Waals surface area contributed by atoms with Crippen LogP contribution in [-0.2, 0) is 6.54 Å². The van der Waals surface area contributed by atoms with E-state index in [1.807, 2.05) is 36.4 Å². The molecule has 0 spiro atoms. The van der Waals surface area contributed by atoms with Gasteiger partial charge in [0, 0.05) is 23.4 Å². The Kier molecular flexibility index (Phi) is 5.14. The Morgan fingerprint density at radius 2 is 1.83 bits per heavy atom. The van der Waals surface area contributed by atoms with Crippen LogP contribution in [0.4, 0.5) is 4.39 Å². The number of aryl methyl sites for hydroxylation is 1. The molecule has 2 heterocycles. The third-order valence-electron chi connectivity index (χ3n) is 4.66. The highest BCUT2D eigenvalue weighted by molar-refractivity contribution is 5.64. The SMILES string of the molecule is Cc1cc(=O)n2nc(-c3ccccc3)cc2n1CC(O)COc1ccccc1F. The molecule has 0 radical (unpaired) electrons. The van der Waals surface area contributed by atoms with Crippen molar-refractivity contribution in [2.45, 2.75) is 19.6 Å². The zero-order chi connectivity index (χ0) is 20.4. The van der Waals surface area contributed by atoms with E-state index in [1.54, 1.807) is 23.6 Å². The summed E-state index contributed by atoms with van der Waals surface area (Å²) in [6.45, 7) is 1.88. The quantitative estimate of drug-likeness (QED) is 0.547. The number of aliphatic hydroxyl groups is 1. The van der Waals surface area contributed by atoms with Crippen LogP contribution in [0.25, 0.3) is 16.9 Å². The second kappa shape index (κ2) is 7.89. The molecule has 1 unspecified atom stereocenters. The highest BCUT2D eigenvalue weighted by atomic mass is 19.1. The minimum Gasteiger partial charge on any atom is -0.488 e. The Morgan fingerprint density at radius 3 is 2.59 bits per heavy atom. The number of ether oxygens (including phenoxy) is 1. The van der Waals surface area contributed by atoms with Crippen LogP contribution in [0.5, 0.6) is 5.75 Å². The van der Waals surface area contributed by atoms with Crippen molar-refractivity contribution < 1.29 is 14.2 Å². The van der Waals surface area contributed by atoms with Gasteiger partial charge >= 0.3 is 0 Å². The van der Waals surface area contributed by atoms with Crippen molar-refractivity contribution in [3.63, 3.8) is 0 Å². The van der Waals surface area contributed by atoms with Crippen molar-refractivity contribution in [2.75, 3.05) is 6.61 Å². The first-order valence-corrected chi connectivity index (χ1v) is 9.24. The van der Waals surface area contributed by atoms with Gasteiger partial charge in [0.05, 0.1) is 12.2 Å². The number of hydrogen-bond acceptors (Lipinski definition) is 4. The summed E-state index contributed by atoms with van der Waals surface area (Å²) in [7, 11) is 0. The van der Waals surface area contributed by atoms with Crippen LogP contribution in [0.3, 0.4) is 0 Å². The molecule has 0 amide bonds. The average molecular weight is 393 g/mol. The molecule has 0 aliphatic rings. The van der Waals surface area contributed by atoms with Crippen LogP contribution in [0.2, 0.25) is 0 Å². The predicted octanol–water partition coefficient (Wildman–Crippen LogP) is 3.05. The van der Waals surface area contributed by atoms with Crippen molar-refractivity contribution in [3.05, 3.63) is 88.6 Å². The van der Waals surface area contributed by atoms with Gasteiger partial charge in [-0.1, -0.05) is 42.5 Å². The van der Waals surface area contributed by atoms with E-state index in [0.717, 1.165) is 5.56 Å². The molecule has 4 rings (SSSR count). The lowest BCUT2D eigenvalue weighted by molar-refractivity contribution is 0.0906. The molecule has 0 fully saturated rings. The summed E-state index contributed by atoms with van der Waals surface area (Å²) in [6.07, 6.45) is -0.908. The fraction of sp³-hybridized carbons (Fsp3) is 0.182. The summed E-state index contributed by atoms with van der Waals surface area (Å²) in [4.78, 5) is 12.4. The number of rotatable bonds is 6. The van der Waals surface area contributed by atoms with E-state index in [2.05, 4.69) is 5.10 Å². The summed E-state index contributed by atoms with van der Waals surface area (Å²) < 4.78 is 22.2. The number of benzene rings is 2. The number of para-hydroxylation sites is 1. The van der Waals surface area contributed by atoms with Gasteiger partial charge in [-0.25, -0.2) is 4.39 Å². The zero-order valence-electron chi connectivity index (χ0n) is 15.8. The van der Waals surface area contributed by atoms with Crippen LogP contribution < -0.4 is 10.3 Å². The van der Waals surface area contributed by atoms with E-state index in [0.29, 0.717) is 17.0 Å². The Balaban J connectivity index is 1.62. The third-order valence-corrected chi connectivity index (χ3v) is 4.66. The van der Waals surface area contributed by atoms with E-state index in [-0.39, 0.29) is 24.5 Å². The predicted molar refractivity (Wildman–Crippen MR) is 108 cm³/mol. The van der Waals surface area contributed by atoms with Gasteiger partial charge in [-0.2, -0.15) is 9.61 Å². The van der Waals surface area contributed by atoms with Gasteiger partial charge in [-0.15, -0.1) is 0 Å². The number of aliphatic hydroxyl groups excluding tert-OH is 1. The van der Waals surface area contributed by atoms with E-state index in [9.17, 15) is 14.3 Å². The molecule has 29 heavy (non-hydrogen) atoms. The molecule has 2 aromatic heterocycles. The maximum atomic E-state index is 13.7. The Morgan fingerprint density at radius 1 is 1.10 bits per heavy atom. The van der Waals surface area contributed by atoms with Crippen LogP contribution in [0.1, 0.15) is 5.69 Å². The van der Waals surface area contributed by atoms with E-state index >= 15 is 0 Å². The largest absolute Gasteiger partial charge is 0.488 e. The molecule has 148 valence electrons. The van der Waals surface area contributed by atoms with Crippen molar-refractivity contribution >= 4 is 5.65 Å². The van der Waals surface area contributed by atoms with Crippen LogP contribution in [0, 0.1) is 12.7 Å². The first-order chi connectivity index (χ1) is 14.0. The van der Waals surface area contributed by atoms with Crippen molar-refractivity contribution in [2.24, 2.45) is 0 Å². The Hall–Kier alpha value is -3.45. The molecule has 0 aliphatic carbocycles. The zero-order valence-corrected chi connectivity index (χ0v) is 15.8. The molecule has 1 atom stereocenters. The van der Waals surface area contributed by atoms with Gasteiger partial charge < -0.3 is 14.4 Å². The van der Waals surface area contributed by atoms with Crippen LogP contribution >= 0.6 is 0 Å². The lowest BCUT2D eigenvalue weighted by atomic mass is 10.2. The van der Waals surface area contributed by atoms with E-state index in [4.69, 9.17) is 4.74 Å². The van der Waals surface area contributed by atoms with Crippen LogP contribution in [-0.4, -0.2) is 32.0 Å². The van der Waals surface area contributed by atoms with E-state index < -0.39 is 11.9 Å². The van der Waals surface area contributed by atoms with Gasteiger partial charge in [0.2, 0.25) is 0 Å². The third kappa shape index (κ3) is 3.90. The fourth-order valence-corrected chi connectivity index (χ4v) is 3.22. The van der Waals surface area contributed by atoms with Gasteiger partial charge in [0.1, 0.15) is 18.4 Å². The number of hydrogen-bond donors (Lipinski definition) is 1. The summed E-state index contributed by atoms with van der Waals surface area (Å²) in [5.74, 6) is -0.394. The van der Waals surface area contributed by atoms with Gasteiger partial charge in [-0.05, 0) is 19.1 Å². The maximum Gasteiger partial charge on any atom is 0.274 e. The standard InChI is InChI=1S/C22H20FN3O3/c1-15-11-22(28)26-21(12-19(24-26)16-7-3-2-4-8-16)25(15)13-17(27)14-29-20-10-6-5-9-18(20)23/h2-12,17,27H,13-14H2,1H3. The van der Waals surface area contributed by atoms with Crippen molar-refractivity contribution in [1.82, 2.24) is 14.2 Å². The summed E-state index contributed by atoms with van der Waals surface area (Å²) in [6, 6.07) is 18.9. The van der Waals surface area contributed by atoms with E-state index in [1.165, 1.54) is 22.7 Å². The molecule has 0 saturated heterocycles. The molecular weight excluding hydrogens is 373 g/mol. The van der Waals surface area contributed by atoms with Crippen LogP contribution in [0.15, 0.2) is 71.5 Å². The van der Waals surface area contributed by atoms with Crippen molar-refractivity contribution in [1.29, 1.82) is 0 Å². The molecule has 0 bridgehead atoms. The normalized spacial score (nSPS) is 12.2. The summed E-state index contributed by atoms with van der Waals surface area (Å²) >= 11 is 0. The maximum absolute atomic E-state index is 13.7. The number of halogens is 1. The van der Waals surface area contributed by atoms with Gasteiger partial charge in [-0.3, -0.25) is 4.79 Å². The number of aromatic nitrogens is 3. The lowest BCUT2D eigenvalue weighted by Crippen LogP contribution is -2.28. The fourth-order valence-electron chi connectivity index (χ4n) is 3.22. The molecular formula is C22H20FN3O3. The molecule has 0 saturated carbocycles. The smallest absolute Gasteiger partial charge is 0.274 e. The summed E-state index contributed by atoms with van der Waals surface area (Å²) in [5, 5.41) is 14.9. The van der Waals surface area contributed by atoms with Gasteiger partial charge in [0.15, 0.2) is 11.6 Å². The number of nitrogens with zero attached hydrogens (tertiary/aromatic N) is 3. The minimum atomic E-state index is -0.908.